The van der Waals surface area contributed by atoms with E-state index in [-0.39, 0.29) is 12.0 Å². The Morgan fingerprint density at radius 1 is 1.50 bits per heavy atom. The van der Waals surface area contributed by atoms with Crippen molar-refractivity contribution in [2.75, 3.05) is 6.61 Å². The summed E-state index contributed by atoms with van der Waals surface area (Å²) in [5, 5.41) is 0. The van der Waals surface area contributed by atoms with Crippen LogP contribution in [0.1, 0.15) is 27.7 Å². The molecule has 0 amide bonds. The Hall–Kier alpha value is -0.860. The van der Waals surface area contributed by atoms with E-state index in [1.807, 2.05) is 20.8 Å². The third kappa shape index (κ3) is 4.88. The lowest BCUT2D eigenvalue weighted by Crippen LogP contribution is -2.08. The second-order valence-electron chi connectivity index (χ2n) is 3.58. The van der Waals surface area contributed by atoms with E-state index < -0.39 is 11.8 Å². The first-order valence-electron chi connectivity index (χ1n) is 3.92. The van der Waals surface area contributed by atoms with E-state index in [4.69, 9.17) is 0 Å². The van der Waals surface area contributed by atoms with Crippen LogP contribution in [0.15, 0.2) is 11.9 Å². The predicted molar refractivity (Wildman–Crippen MR) is 45.3 cm³/mol. The number of rotatable bonds is 2. The summed E-state index contributed by atoms with van der Waals surface area (Å²) < 4.78 is 17.3. The molecule has 0 saturated heterocycles. The summed E-state index contributed by atoms with van der Waals surface area (Å²) in [4.78, 5) is 10.8. The van der Waals surface area contributed by atoms with Crippen molar-refractivity contribution in [1.29, 1.82) is 0 Å². The molecular formula is C9H15FO2. The van der Waals surface area contributed by atoms with Crippen LogP contribution in [0.5, 0.6) is 0 Å². The number of hydrogen-bond acceptors (Lipinski definition) is 2. The third-order valence-corrected chi connectivity index (χ3v) is 1.03. The number of carbonyl (C=O) groups is 1. The molecule has 0 aliphatic heterocycles. The standard InChI is InChI=1S/C9H15FO2/c1-5-12-8(11)7(10)6-9(2,3)4/h6H,5H2,1-4H3/b7-6-. The molecule has 0 aromatic rings. The zero-order valence-corrected chi connectivity index (χ0v) is 7.98. The van der Waals surface area contributed by atoms with Gasteiger partial charge in [-0.25, -0.2) is 4.79 Å². The topological polar surface area (TPSA) is 26.3 Å². The Kier molecular flexibility index (Phi) is 3.93. The number of ether oxygens (including phenoxy) is 1. The van der Waals surface area contributed by atoms with Crippen molar-refractivity contribution in [1.82, 2.24) is 0 Å². The highest BCUT2D eigenvalue weighted by Crippen LogP contribution is 2.18. The van der Waals surface area contributed by atoms with Gasteiger partial charge in [-0.3, -0.25) is 0 Å². The average Bonchev–Trinajstić information content (AvgIpc) is 1.84. The van der Waals surface area contributed by atoms with Crippen LogP contribution in [0.25, 0.3) is 0 Å². The summed E-state index contributed by atoms with van der Waals surface area (Å²) >= 11 is 0. The Balaban J connectivity index is 4.28. The minimum atomic E-state index is -0.882. The van der Waals surface area contributed by atoms with E-state index in [1.165, 1.54) is 6.08 Å². The maximum absolute atomic E-state index is 12.9. The van der Waals surface area contributed by atoms with E-state index in [2.05, 4.69) is 4.74 Å². The van der Waals surface area contributed by atoms with Crippen LogP contribution in [-0.2, 0) is 9.53 Å². The minimum Gasteiger partial charge on any atom is -0.461 e. The van der Waals surface area contributed by atoms with E-state index >= 15 is 0 Å². The Morgan fingerprint density at radius 3 is 2.33 bits per heavy atom. The molecule has 0 radical (unpaired) electrons. The molecule has 0 fully saturated rings. The van der Waals surface area contributed by atoms with E-state index in [0.717, 1.165) is 0 Å². The second kappa shape index (κ2) is 4.24. The molecule has 0 aromatic heterocycles. The van der Waals surface area contributed by atoms with Crippen molar-refractivity contribution < 1.29 is 13.9 Å². The van der Waals surface area contributed by atoms with Crippen LogP contribution in [0, 0.1) is 5.41 Å². The molecule has 12 heavy (non-hydrogen) atoms. The highest BCUT2D eigenvalue weighted by molar-refractivity contribution is 5.85. The van der Waals surface area contributed by atoms with Crippen LogP contribution in [0.2, 0.25) is 0 Å². The molecule has 0 saturated carbocycles. The number of halogens is 1. The highest BCUT2D eigenvalue weighted by atomic mass is 19.1. The van der Waals surface area contributed by atoms with Crippen LogP contribution < -0.4 is 0 Å². The Bertz CT molecular complexity index is 189. The van der Waals surface area contributed by atoms with Gasteiger partial charge < -0.3 is 4.74 Å². The number of carbonyl (C=O) groups excluding carboxylic acids is 1. The lowest BCUT2D eigenvalue weighted by Gasteiger charge is -2.11. The molecule has 2 nitrogen and oxygen atoms in total. The molecule has 0 bridgehead atoms. The lowest BCUT2D eigenvalue weighted by atomic mass is 9.96. The zero-order valence-electron chi connectivity index (χ0n) is 7.98. The maximum Gasteiger partial charge on any atom is 0.366 e. The fourth-order valence-corrected chi connectivity index (χ4v) is 0.639. The monoisotopic (exact) mass is 174 g/mol. The van der Waals surface area contributed by atoms with Gasteiger partial charge in [0.15, 0.2) is 0 Å². The zero-order chi connectivity index (χ0) is 9.78. The van der Waals surface area contributed by atoms with Gasteiger partial charge in [0.05, 0.1) is 6.61 Å². The molecule has 0 aliphatic rings. The molecule has 3 heteroatoms. The van der Waals surface area contributed by atoms with Crippen LogP contribution in [0.4, 0.5) is 4.39 Å². The lowest BCUT2D eigenvalue weighted by molar-refractivity contribution is -0.140. The van der Waals surface area contributed by atoms with Crippen LogP contribution in [0.3, 0.4) is 0 Å². The highest BCUT2D eigenvalue weighted by Gasteiger charge is 2.14. The van der Waals surface area contributed by atoms with Gasteiger partial charge in [-0.05, 0) is 18.4 Å². The van der Waals surface area contributed by atoms with Gasteiger partial charge >= 0.3 is 5.97 Å². The smallest absolute Gasteiger partial charge is 0.366 e. The summed E-state index contributed by atoms with van der Waals surface area (Å²) in [6.45, 7) is 7.27. The first-order chi connectivity index (χ1) is 5.37. The van der Waals surface area contributed by atoms with Gasteiger partial charge in [0, 0.05) is 0 Å². The van der Waals surface area contributed by atoms with Gasteiger partial charge in [-0.1, -0.05) is 20.8 Å². The number of allylic oxidation sites excluding steroid dienone is 1. The Morgan fingerprint density at radius 2 is 2.00 bits per heavy atom. The summed E-state index contributed by atoms with van der Waals surface area (Å²) in [7, 11) is 0. The molecule has 0 aliphatic carbocycles. The van der Waals surface area contributed by atoms with Gasteiger partial charge in [-0.2, -0.15) is 4.39 Å². The van der Waals surface area contributed by atoms with Crippen molar-refractivity contribution in [3.63, 3.8) is 0 Å². The van der Waals surface area contributed by atoms with Crippen LogP contribution >= 0.6 is 0 Å². The van der Waals surface area contributed by atoms with E-state index in [1.54, 1.807) is 6.92 Å². The first-order valence-corrected chi connectivity index (χ1v) is 3.92. The quantitative estimate of drug-likeness (QED) is 0.474. The SMILES string of the molecule is CCOC(=O)/C(F)=C/C(C)(C)C. The third-order valence-electron chi connectivity index (χ3n) is 1.03. The molecule has 70 valence electrons. The van der Waals surface area contributed by atoms with Gasteiger partial charge in [0.25, 0.3) is 0 Å². The molecular weight excluding hydrogens is 159 g/mol. The molecule has 0 aromatic carbocycles. The summed E-state index contributed by atoms with van der Waals surface area (Å²) in [6, 6.07) is 0. The normalized spacial score (nSPS) is 12.9. The summed E-state index contributed by atoms with van der Waals surface area (Å²) in [5.41, 5.74) is -0.336. The molecule has 0 N–H and O–H groups in total. The van der Waals surface area contributed by atoms with Crippen molar-refractivity contribution in [2.24, 2.45) is 5.41 Å². The molecule has 0 unspecified atom stereocenters. The largest absolute Gasteiger partial charge is 0.461 e. The van der Waals surface area contributed by atoms with Crippen LogP contribution in [-0.4, -0.2) is 12.6 Å². The molecule has 0 spiro atoms. The Labute approximate surface area is 72.4 Å². The predicted octanol–water partition coefficient (Wildman–Crippen LogP) is 2.45. The first kappa shape index (κ1) is 11.1. The van der Waals surface area contributed by atoms with Gasteiger partial charge in [0.2, 0.25) is 5.83 Å². The van der Waals surface area contributed by atoms with Crippen molar-refractivity contribution in [3.8, 4) is 0 Å². The van der Waals surface area contributed by atoms with E-state index in [9.17, 15) is 9.18 Å². The summed E-state index contributed by atoms with van der Waals surface area (Å²) in [5.74, 6) is -1.70. The van der Waals surface area contributed by atoms with Gasteiger partial charge in [-0.15, -0.1) is 0 Å². The van der Waals surface area contributed by atoms with Crippen molar-refractivity contribution in [3.05, 3.63) is 11.9 Å². The molecule has 0 heterocycles. The molecule has 0 rings (SSSR count). The van der Waals surface area contributed by atoms with Crippen molar-refractivity contribution >= 4 is 5.97 Å². The summed E-state index contributed by atoms with van der Waals surface area (Å²) in [6.07, 6.45) is 1.25. The molecule has 0 atom stereocenters. The fourth-order valence-electron chi connectivity index (χ4n) is 0.639. The van der Waals surface area contributed by atoms with Crippen molar-refractivity contribution in [2.45, 2.75) is 27.7 Å². The number of hydrogen-bond donors (Lipinski definition) is 0. The maximum atomic E-state index is 12.9. The van der Waals surface area contributed by atoms with Gasteiger partial charge in [0.1, 0.15) is 0 Å². The number of esters is 1. The average molecular weight is 174 g/mol. The second-order valence-corrected chi connectivity index (χ2v) is 3.58. The fraction of sp³-hybridized carbons (Fsp3) is 0.667. The van der Waals surface area contributed by atoms with E-state index in [0.29, 0.717) is 0 Å². The minimum absolute atomic E-state index is 0.199.